The summed E-state index contributed by atoms with van der Waals surface area (Å²) in [6.45, 7) is 1.18. The molecule has 3 aliphatic rings. The van der Waals surface area contributed by atoms with Gasteiger partial charge < -0.3 is 18.9 Å². The molecule has 4 heteroatoms. The van der Waals surface area contributed by atoms with Gasteiger partial charge in [0.15, 0.2) is 5.79 Å². The third-order valence-corrected chi connectivity index (χ3v) is 6.62. The topological polar surface area (TPSA) is 36.9 Å². The molecule has 0 amide bonds. The molecule has 1 saturated heterocycles. The Hall–Kier alpha value is -0.160. The van der Waals surface area contributed by atoms with E-state index in [0.717, 1.165) is 12.3 Å². The zero-order chi connectivity index (χ0) is 18.2. The van der Waals surface area contributed by atoms with Crippen molar-refractivity contribution in [3.05, 3.63) is 0 Å². The van der Waals surface area contributed by atoms with Crippen LogP contribution in [-0.2, 0) is 18.9 Å². The normalized spacial score (nSPS) is 39.9. The number of methoxy groups -OCH3 is 2. The maximum atomic E-state index is 6.61. The van der Waals surface area contributed by atoms with Crippen LogP contribution in [0.3, 0.4) is 0 Å². The van der Waals surface area contributed by atoms with Crippen molar-refractivity contribution in [1.82, 2.24) is 0 Å². The van der Waals surface area contributed by atoms with Crippen molar-refractivity contribution in [3.63, 3.8) is 0 Å². The fourth-order valence-electron chi connectivity index (χ4n) is 5.08. The molecule has 1 aliphatic heterocycles. The van der Waals surface area contributed by atoms with E-state index in [1.165, 1.54) is 77.0 Å². The van der Waals surface area contributed by atoms with Gasteiger partial charge in [0.25, 0.3) is 0 Å². The minimum absolute atomic E-state index is 0.00304. The highest BCUT2D eigenvalue weighted by Crippen LogP contribution is 2.56. The highest BCUT2D eigenvalue weighted by atomic mass is 16.8. The second kappa shape index (κ2) is 10.4. The SMILES string of the molecule is COCC1OC2(CCCCCCCCCCCCC3CC32)OC1COC. The van der Waals surface area contributed by atoms with Crippen molar-refractivity contribution in [2.75, 3.05) is 27.4 Å². The van der Waals surface area contributed by atoms with Gasteiger partial charge in [-0.25, -0.2) is 0 Å². The highest BCUT2D eigenvalue weighted by Gasteiger charge is 2.59. The average Bonchev–Trinajstić information content (AvgIpc) is 3.33. The molecule has 0 aromatic rings. The van der Waals surface area contributed by atoms with E-state index >= 15 is 0 Å². The van der Waals surface area contributed by atoms with Crippen molar-refractivity contribution < 1.29 is 18.9 Å². The predicted octanol–water partition coefficient (Wildman–Crippen LogP) is 5.09. The van der Waals surface area contributed by atoms with Crippen LogP contribution in [0.5, 0.6) is 0 Å². The van der Waals surface area contributed by atoms with Crippen LogP contribution in [0, 0.1) is 11.8 Å². The molecule has 152 valence electrons. The quantitative estimate of drug-likeness (QED) is 0.692. The molecule has 3 rings (SSSR count). The van der Waals surface area contributed by atoms with Crippen molar-refractivity contribution in [2.24, 2.45) is 11.8 Å². The van der Waals surface area contributed by atoms with Gasteiger partial charge in [-0.2, -0.15) is 0 Å². The van der Waals surface area contributed by atoms with Gasteiger partial charge in [-0.05, 0) is 25.2 Å². The molecule has 0 aromatic heterocycles. The second-order valence-corrected chi connectivity index (χ2v) is 8.71. The van der Waals surface area contributed by atoms with E-state index < -0.39 is 0 Å². The molecule has 4 atom stereocenters. The molecule has 0 bridgehead atoms. The standard InChI is InChI=1S/C22H40O4/c1-23-16-20-21(17-24-2)26-22(25-20)14-12-10-8-6-4-3-5-7-9-11-13-18-15-19(18)22/h18-21H,3-17H2,1-2H3. The van der Waals surface area contributed by atoms with Crippen molar-refractivity contribution in [2.45, 2.75) is 101 Å². The lowest BCUT2D eigenvalue weighted by Crippen LogP contribution is -2.35. The first kappa shape index (κ1) is 20.6. The number of hydrogen-bond donors (Lipinski definition) is 0. The van der Waals surface area contributed by atoms with Crippen LogP contribution in [-0.4, -0.2) is 45.4 Å². The third kappa shape index (κ3) is 5.43. The van der Waals surface area contributed by atoms with Crippen LogP contribution >= 0.6 is 0 Å². The molecule has 1 spiro atoms. The number of rotatable bonds is 4. The molecule has 3 fully saturated rings. The van der Waals surface area contributed by atoms with E-state index in [1.54, 1.807) is 14.2 Å². The van der Waals surface area contributed by atoms with E-state index in [-0.39, 0.29) is 18.0 Å². The van der Waals surface area contributed by atoms with Crippen LogP contribution in [0.4, 0.5) is 0 Å². The molecular formula is C22H40O4. The van der Waals surface area contributed by atoms with Gasteiger partial charge in [0, 0.05) is 26.6 Å². The summed E-state index contributed by atoms with van der Waals surface area (Å²) in [6.07, 6.45) is 17.4. The maximum absolute atomic E-state index is 6.61. The predicted molar refractivity (Wildman–Crippen MR) is 103 cm³/mol. The first-order valence-corrected chi connectivity index (χ1v) is 11.1. The largest absolute Gasteiger partial charge is 0.382 e. The summed E-state index contributed by atoms with van der Waals surface area (Å²) in [5.74, 6) is 0.996. The fourth-order valence-corrected chi connectivity index (χ4v) is 5.08. The summed E-state index contributed by atoms with van der Waals surface area (Å²) in [6, 6.07) is 0. The van der Waals surface area contributed by atoms with E-state index in [9.17, 15) is 0 Å². The van der Waals surface area contributed by atoms with Gasteiger partial charge in [0.1, 0.15) is 12.2 Å². The number of fused-ring (bicyclic) bond motifs is 2. The minimum atomic E-state index is -0.378. The van der Waals surface area contributed by atoms with Crippen LogP contribution in [0.1, 0.15) is 83.5 Å². The van der Waals surface area contributed by atoms with E-state index in [0.29, 0.717) is 19.1 Å². The Morgan fingerprint density at radius 3 is 1.77 bits per heavy atom. The Balaban J connectivity index is 1.63. The van der Waals surface area contributed by atoms with Gasteiger partial charge >= 0.3 is 0 Å². The molecule has 4 unspecified atom stereocenters. The van der Waals surface area contributed by atoms with Crippen LogP contribution < -0.4 is 0 Å². The number of hydrogen-bond acceptors (Lipinski definition) is 4. The lowest BCUT2D eigenvalue weighted by Gasteiger charge is -2.29. The zero-order valence-electron chi connectivity index (χ0n) is 17.0. The highest BCUT2D eigenvalue weighted by molar-refractivity contribution is 5.01. The molecule has 0 N–H and O–H groups in total. The Bertz CT molecular complexity index is 386. The molecule has 2 saturated carbocycles. The third-order valence-electron chi connectivity index (χ3n) is 6.62. The summed E-state index contributed by atoms with van der Waals surface area (Å²) < 4.78 is 24.0. The molecule has 1 heterocycles. The summed E-state index contributed by atoms with van der Waals surface area (Å²) in [4.78, 5) is 0. The van der Waals surface area contributed by atoms with Gasteiger partial charge in [-0.1, -0.05) is 57.8 Å². The van der Waals surface area contributed by atoms with E-state index in [4.69, 9.17) is 18.9 Å². The lowest BCUT2D eigenvalue weighted by atomic mass is 9.99. The fraction of sp³-hybridized carbons (Fsp3) is 1.00. The van der Waals surface area contributed by atoms with Crippen molar-refractivity contribution >= 4 is 0 Å². The molecule has 2 aliphatic carbocycles. The Morgan fingerprint density at radius 2 is 1.23 bits per heavy atom. The van der Waals surface area contributed by atoms with Gasteiger partial charge in [0.2, 0.25) is 0 Å². The first-order chi connectivity index (χ1) is 12.8. The lowest BCUT2D eigenvalue weighted by molar-refractivity contribution is -0.203. The van der Waals surface area contributed by atoms with Crippen LogP contribution in [0.2, 0.25) is 0 Å². The molecule has 0 radical (unpaired) electrons. The summed E-state index contributed by atoms with van der Waals surface area (Å²) in [5, 5.41) is 0. The summed E-state index contributed by atoms with van der Waals surface area (Å²) in [5.41, 5.74) is 0. The monoisotopic (exact) mass is 368 g/mol. The second-order valence-electron chi connectivity index (χ2n) is 8.71. The molecule has 0 aromatic carbocycles. The Kier molecular flexibility index (Phi) is 8.23. The van der Waals surface area contributed by atoms with Gasteiger partial charge in [-0.15, -0.1) is 0 Å². The van der Waals surface area contributed by atoms with E-state index in [2.05, 4.69) is 0 Å². The molecule has 4 nitrogen and oxygen atoms in total. The van der Waals surface area contributed by atoms with Gasteiger partial charge in [0.05, 0.1) is 13.2 Å². The Labute approximate surface area is 160 Å². The first-order valence-electron chi connectivity index (χ1n) is 11.1. The summed E-state index contributed by atoms with van der Waals surface area (Å²) in [7, 11) is 3.49. The van der Waals surface area contributed by atoms with Gasteiger partial charge in [-0.3, -0.25) is 0 Å². The smallest absolute Gasteiger partial charge is 0.172 e. The average molecular weight is 369 g/mol. The zero-order valence-corrected chi connectivity index (χ0v) is 17.0. The van der Waals surface area contributed by atoms with Crippen LogP contribution in [0.25, 0.3) is 0 Å². The maximum Gasteiger partial charge on any atom is 0.172 e. The van der Waals surface area contributed by atoms with E-state index in [1.807, 2.05) is 0 Å². The Morgan fingerprint density at radius 1 is 0.731 bits per heavy atom. The number of ether oxygens (including phenoxy) is 4. The van der Waals surface area contributed by atoms with Crippen LogP contribution in [0.15, 0.2) is 0 Å². The molecular weight excluding hydrogens is 328 g/mol. The van der Waals surface area contributed by atoms with Crippen molar-refractivity contribution in [3.8, 4) is 0 Å². The minimum Gasteiger partial charge on any atom is -0.382 e. The van der Waals surface area contributed by atoms with Crippen molar-refractivity contribution in [1.29, 1.82) is 0 Å². The molecule has 26 heavy (non-hydrogen) atoms. The summed E-state index contributed by atoms with van der Waals surface area (Å²) >= 11 is 0.